The quantitative estimate of drug-likeness (QED) is 0.0901. The van der Waals surface area contributed by atoms with Gasteiger partial charge in [0.05, 0.1) is 10.5 Å². The van der Waals surface area contributed by atoms with Crippen molar-refractivity contribution in [2.45, 2.75) is 192 Å². The SMILES string of the molecule is CCC(CC)(c1ccc(CS(=O)(=O)C(C)(C)C)c(C)c1)c1ccc(OC[C@@H]2CCC(=O)O2)c(C)c1.CCC(CC)(c1ccc(CSC(C)(C)C)c(C)c1)c1ccc(OC[C@@H]2CCC(=O)O2)c(C)c1. The Balaban J connectivity index is 0.000000255. The molecule has 4 aromatic carbocycles. The number of carbonyl (C=O) groups is 2. The third-order valence-corrected chi connectivity index (χ3v) is 18.3. The van der Waals surface area contributed by atoms with Gasteiger partial charge in [0, 0.05) is 34.2 Å². The molecule has 372 valence electrons. The Morgan fingerprint density at radius 2 is 0.926 bits per heavy atom. The molecule has 0 bridgehead atoms. The van der Waals surface area contributed by atoms with Crippen LogP contribution >= 0.6 is 11.8 Å². The van der Waals surface area contributed by atoms with E-state index in [4.69, 9.17) is 18.9 Å². The first-order valence-corrected chi connectivity index (χ1v) is 27.5. The van der Waals surface area contributed by atoms with E-state index in [0.29, 0.717) is 32.5 Å². The Morgan fingerprint density at radius 1 is 0.559 bits per heavy atom. The highest BCUT2D eigenvalue weighted by molar-refractivity contribution is 7.99. The van der Waals surface area contributed by atoms with E-state index in [1.165, 1.54) is 33.4 Å². The van der Waals surface area contributed by atoms with E-state index >= 15 is 0 Å². The molecule has 2 saturated heterocycles. The number of hydrogen-bond donors (Lipinski definition) is 0. The molecule has 2 atom stereocenters. The molecule has 0 aromatic heterocycles. The molecular formula is C58H80O8S2. The first kappa shape index (κ1) is 54.7. The maximum atomic E-state index is 12.8. The second-order valence-electron chi connectivity index (χ2n) is 21.0. The lowest BCUT2D eigenvalue weighted by Crippen LogP contribution is -2.30. The Morgan fingerprint density at radius 3 is 1.24 bits per heavy atom. The smallest absolute Gasteiger partial charge is 0.306 e. The van der Waals surface area contributed by atoms with Crippen LogP contribution in [0.1, 0.15) is 176 Å². The molecule has 0 aliphatic carbocycles. The normalized spacial score (nSPS) is 16.8. The molecule has 6 rings (SSSR count). The molecule has 0 radical (unpaired) electrons. The van der Waals surface area contributed by atoms with Crippen LogP contribution in [0.4, 0.5) is 0 Å². The van der Waals surface area contributed by atoms with Crippen molar-refractivity contribution >= 4 is 33.5 Å². The molecule has 0 unspecified atom stereocenters. The van der Waals surface area contributed by atoms with Gasteiger partial charge in [-0.05, 0) is 155 Å². The molecule has 0 saturated carbocycles. The van der Waals surface area contributed by atoms with Gasteiger partial charge in [0.2, 0.25) is 0 Å². The highest BCUT2D eigenvalue weighted by Crippen LogP contribution is 2.43. The van der Waals surface area contributed by atoms with Gasteiger partial charge >= 0.3 is 11.9 Å². The fourth-order valence-corrected chi connectivity index (χ4v) is 11.6. The van der Waals surface area contributed by atoms with Crippen LogP contribution in [0.5, 0.6) is 11.5 Å². The third kappa shape index (κ3) is 13.1. The van der Waals surface area contributed by atoms with Crippen LogP contribution in [0.15, 0.2) is 72.8 Å². The molecule has 8 nitrogen and oxygen atoms in total. The van der Waals surface area contributed by atoms with E-state index in [2.05, 4.69) is 123 Å². The fraction of sp³-hybridized carbons (Fsp3) is 0.552. The van der Waals surface area contributed by atoms with Gasteiger partial charge in [0.1, 0.15) is 36.9 Å². The molecule has 0 N–H and O–H groups in total. The number of esters is 2. The average Bonchev–Trinajstić information content (AvgIpc) is 3.90. The highest BCUT2D eigenvalue weighted by Gasteiger charge is 2.35. The van der Waals surface area contributed by atoms with E-state index in [9.17, 15) is 18.0 Å². The average molecular weight is 969 g/mol. The predicted octanol–water partition coefficient (Wildman–Crippen LogP) is 13.7. The Kier molecular flexibility index (Phi) is 18.2. The van der Waals surface area contributed by atoms with Crippen LogP contribution in [0.3, 0.4) is 0 Å². The number of hydrogen-bond acceptors (Lipinski definition) is 9. The summed E-state index contributed by atoms with van der Waals surface area (Å²) < 4.78 is 47.6. The van der Waals surface area contributed by atoms with Gasteiger partial charge in [0.15, 0.2) is 9.84 Å². The van der Waals surface area contributed by atoms with Gasteiger partial charge in [-0.15, -0.1) is 0 Å². The van der Waals surface area contributed by atoms with Crippen molar-refractivity contribution in [3.8, 4) is 11.5 Å². The zero-order chi connectivity index (χ0) is 50.2. The van der Waals surface area contributed by atoms with Crippen molar-refractivity contribution in [3.63, 3.8) is 0 Å². The molecule has 10 heteroatoms. The summed E-state index contributed by atoms with van der Waals surface area (Å²) in [6.07, 6.45) is 6.02. The Hall–Kier alpha value is -4.28. The first-order valence-electron chi connectivity index (χ1n) is 24.8. The number of rotatable bonds is 18. The summed E-state index contributed by atoms with van der Waals surface area (Å²) in [5.41, 5.74) is 11.8. The minimum absolute atomic E-state index is 0.0231. The summed E-state index contributed by atoms with van der Waals surface area (Å²) in [5, 5.41) is 0. The van der Waals surface area contributed by atoms with Gasteiger partial charge in [0.25, 0.3) is 0 Å². The zero-order valence-corrected chi connectivity index (χ0v) is 45.3. The monoisotopic (exact) mass is 969 g/mol. The number of benzene rings is 4. The van der Waals surface area contributed by atoms with Gasteiger partial charge in [-0.1, -0.05) is 109 Å². The molecule has 68 heavy (non-hydrogen) atoms. The molecule has 0 spiro atoms. The van der Waals surface area contributed by atoms with Crippen molar-refractivity contribution in [1.29, 1.82) is 0 Å². The van der Waals surface area contributed by atoms with Crippen molar-refractivity contribution in [2.75, 3.05) is 13.2 Å². The van der Waals surface area contributed by atoms with E-state index in [0.717, 1.165) is 71.6 Å². The van der Waals surface area contributed by atoms with E-state index < -0.39 is 14.6 Å². The summed E-state index contributed by atoms with van der Waals surface area (Å²) in [5.74, 6) is 2.49. The van der Waals surface area contributed by atoms with E-state index in [1.54, 1.807) is 20.8 Å². The molecular weight excluding hydrogens is 889 g/mol. The summed E-state index contributed by atoms with van der Waals surface area (Å²) in [6, 6.07) is 26.2. The number of thioether (sulfide) groups is 1. The van der Waals surface area contributed by atoms with Crippen LogP contribution in [0.2, 0.25) is 0 Å². The lowest BCUT2D eigenvalue weighted by Gasteiger charge is -2.34. The molecule has 0 amide bonds. The van der Waals surface area contributed by atoms with E-state index in [-0.39, 0.29) is 45.5 Å². The van der Waals surface area contributed by atoms with Crippen molar-refractivity contribution in [2.24, 2.45) is 0 Å². The van der Waals surface area contributed by atoms with Crippen molar-refractivity contribution in [1.82, 2.24) is 0 Å². The summed E-state index contributed by atoms with van der Waals surface area (Å²) in [7, 11) is -3.25. The van der Waals surface area contributed by atoms with Gasteiger partial charge in [-0.3, -0.25) is 9.59 Å². The number of cyclic esters (lactones) is 2. The van der Waals surface area contributed by atoms with Crippen molar-refractivity contribution < 1.29 is 37.0 Å². The molecule has 2 aliphatic heterocycles. The van der Waals surface area contributed by atoms with Gasteiger partial charge in [-0.2, -0.15) is 11.8 Å². The zero-order valence-electron chi connectivity index (χ0n) is 43.7. The van der Waals surface area contributed by atoms with Crippen LogP contribution in [-0.4, -0.2) is 55.3 Å². The largest absolute Gasteiger partial charge is 0.489 e. The van der Waals surface area contributed by atoms with Crippen molar-refractivity contribution in [3.05, 3.63) is 128 Å². The maximum absolute atomic E-state index is 12.8. The number of carbonyl (C=O) groups excluding carboxylic acids is 2. The van der Waals surface area contributed by atoms with Crippen LogP contribution in [0, 0.1) is 27.7 Å². The van der Waals surface area contributed by atoms with Gasteiger partial charge in [-0.25, -0.2) is 8.42 Å². The minimum Gasteiger partial charge on any atom is -0.489 e. The number of aryl methyl sites for hydroxylation is 4. The van der Waals surface area contributed by atoms with Crippen LogP contribution in [0.25, 0.3) is 0 Å². The summed E-state index contributed by atoms with van der Waals surface area (Å²) in [4.78, 5) is 22.7. The summed E-state index contributed by atoms with van der Waals surface area (Å²) >= 11 is 2.00. The Bertz CT molecular complexity index is 2480. The summed E-state index contributed by atoms with van der Waals surface area (Å²) in [6.45, 7) is 30.2. The highest BCUT2D eigenvalue weighted by atomic mass is 32.2. The van der Waals surface area contributed by atoms with Gasteiger partial charge < -0.3 is 18.9 Å². The standard InChI is InChI=1S/C29H40O5S.C29H40O3S/c1-8-29(9-2,23-11-10-22(20(3)16-23)19-35(31,32)28(5,6)7)24-12-14-26(21(4)17-24)33-18-25-13-15-27(30)34-25;1-8-29(9-2,23-11-10-22(20(3)16-23)19-33-28(5,6)7)24-12-14-26(21(4)17-24)31-18-25-13-15-27(30)32-25/h10-12,14,16-17,25H,8-9,13,15,18-19H2,1-7H3;10-12,14,16-17,25H,8-9,13,15,18-19H2,1-7H3/t2*25-/m00/s1. The fourth-order valence-electron chi connectivity index (χ4n) is 9.48. The number of sulfone groups is 1. The second-order valence-corrected chi connectivity index (χ2v) is 25.6. The molecule has 2 fully saturated rings. The van der Waals surface area contributed by atoms with E-state index in [1.807, 2.05) is 37.7 Å². The maximum Gasteiger partial charge on any atom is 0.306 e. The second kappa shape index (κ2) is 22.6. The lowest BCUT2D eigenvalue weighted by atomic mass is 9.70. The molecule has 4 aromatic rings. The minimum atomic E-state index is -3.25. The van der Waals surface area contributed by atoms with Crippen LogP contribution in [-0.2, 0) is 51.2 Å². The molecule has 2 aliphatic rings. The van der Waals surface area contributed by atoms with Crippen LogP contribution < -0.4 is 9.47 Å². The third-order valence-electron chi connectivity index (χ3n) is 14.4. The lowest BCUT2D eigenvalue weighted by molar-refractivity contribution is -0.143. The number of ether oxygens (including phenoxy) is 4. The first-order chi connectivity index (χ1) is 31.9. The predicted molar refractivity (Wildman–Crippen MR) is 280 cm³/mol. The topological polar surface area (TPSA) is 105 Å². The molecule has 2 heterocycles. The Labute approximate surface area is 414 Å².